The monoisotopic (exact) mass is 241 g/mol. The van der Waals surface area contributed by atoms with E-state index >= 15 is 0 Å². The fourth-order valence-corrected chi connectivity index (χ4v) is 3.12. The van der Waals surface area contributed by atoms with Crippen LogP contribution in [0, 0.1) is 0 Å². The van der Waals surface area contributed by atoms with Crippen LogP contribution in [0.2, 0.25) is 0 Å². The average molecular weight is 241 g/mol. The second-order valence-electron chi connectivity index (χ2n) is 3.84. The summed E-state index contributed by atoms with van der Waals surface area (Å²) in [6, 6.07) is 7.11. The van der Waals surface area contributed by atoms with Gasteiger partial charge in [-0.05, 0) is 19.4 Å². The summed E-state index contributed by atoms with van der Waals surface area (Å²) in [7, 11) is -3.24. The highest BCUT2D eigenvalue weighted by Gasteiger charge is 2.29. The van der Waals surface area contributed by atoms with Crippen molar-refractivity contribution in [3.63, 3.8) is 0 Å². The van der Waals surface area contributed by atoms with E-state index in [0.29, 0.717) is 24.2 Å². The first-order valence-corrected chi connectivity index (χ1v) is 6.94. The molecule has 0 bridgehead atoms. The van der Waals surface area contributed by atoms with Crippen LogP contribution in [0.15, 0.2) is 24.3 Å². The molecule has 0 aromatic heterocycles. The Kier molecular flexibility index (Phi) is 2.90. The van der Waals surface area contributed by atoms with Crippen LogP contribution in [0.1, 0.15) is 25.0 Å². The quantitative estimate of drug-likeness (QED) is 0.848. The molecule has 0 amide bonds. The smallest absolute Gasteiger partial charge is 0.234 e. The third-order valence-corrected chi connectivity index (χ3v) is 4.65. The first kappa shape index (κ1) is 11.4. The second kappa shape index (κ2) is 4.07. The Balaban J connectivity index is 2.51. The molecule has 1 aromatic carbocycles. The van der Waals surface area contributed by atoms with Crippen molar-refractivity contribution >= 4 is 15.7 Å². The molecule has 1 N–H and O–H groups in total. The molecule has 0 aliphatic carbocycles. The van der Waals surface area contributed by atoms with Crippen LogP contribution in [0.25, 0.3) is 0 Å². The molecule has 16 heavy (non-hydrogen) atoms. The van der Waals surface area contributed by atoms with Gasteiger partial charge in [-0.25, -0.2) is 8.42 Å². The molecular weight excluding hydrogens is 226 g/mol. The molecule has 1 atom stereocenters. The van der Waals surface area contributed by atoms with Gasteiger partial charge < -0.3 is 5.11 Å². The van der Waals surface area contributed by atoms with Crippen molar-refractivity contribution in [2.45, 2.75) is 19.4 Å². The van der Waals surface area contributed by atoms with Crippen molar-refractivity contribution < 1.29 is 13.5 Å². The summed E-state index contributed by atoms with van der Waals surface area (Å²) in [5.41, 5.74) is 1.31. The van der Waals surface area contributed by atoms with Crippen molar-refractivity contribution in [1.29, 1.82) is 0 Å². The van der Waals surface area contributed by atoms with Gasteiger partial charge in [0.25, 0.3) is 0 Å². The van der Waals surface area contributed by atoms with Crippen LogP contribution >= 0.6 is 0 Å². The molecule has 1 aromatic rings. The summed E-state index contributed by atoms with van der Waals surface area (Å²) in [6.45, 7) is 1.98. The van der Waals surface area contributed by atoms with E-state index < -0.39 is 16.1 Å². The lowest BCUT2D eigenvalue weighted by Crippen LogP contribution is -2.37. The Bertz CT molecular complexity index is 484. The number of nitrogens with zero attached hydrogens (tertiary/aromatic N) is 1. The molecule has 1 unspecified atom stereocenters. The molecule has 0 saturated heterocycles. The summed E-state index contributed by atoms with van der Waals surface area (Å²) in [6.07, 6.45) is -0.101. The summed E-state index contributed by atoms with van der Waals surface area (Å²) in [4.78, 5) is 0. The minimum atomic E-state index is -3.24. The summed E-state index contributed by atoms with van der Waals surface area (Å²) >= 11 is 0. The predicted molar refractivity (Wildman–Crippen MR) is 62.8 cm³/mol. The van der Waals surface area contributed by atoms with Gasteiger partial charge in [0.05, 0.1) is 17.5 Å². The highest BCUT2D eigenvalue weighted by atomic mass is 32.2. The number of anilines is 1. The lowest BCUT2D eigenvalue weighted by molar-refractivity contribution is 0.166. The van der Waals surface area contributed by atoms with Crippen LogP contribution in [-0.4, -0.2) is 25.8 Å². The molecular formula is C11H15NO3S. The van der Waals surface area contributed by atoms with Crippen LogP contribution in [0.4, 0.5) is 5.69 Å². The van der Waals surface area contributed by atoms with E-state index in [9.17, 15) is 13.5 Å². The Morgan fingerprint density at radius 1 is 1.44 bits per heavy atom. The highest BCUT2D eigenvalue weighted by Crippen LogP contribution is 2.34. The van der Waals surface area contributed by atoms with E-state index in [4.69, 9.17) is 0 Å². The summed E-state index contributed by atoms with van der Waals surface area (Å²) in [5.74, 6) is 0.0808. The normalized spacial score (nSPS) is 20.6. The van der Waals surface area contributed by atoms with E-state index in [1.165, 1.54) is 4.31 Å². The fourth-order valence-electron chi connectivity index (χ4n) is 1.96. The largest absolute Gasteiger partial charge is 0.388 e. The number of fused-ring (bicyclic) bond motifs is 1. The SMILES string of the molecule is CCS(=O)(=O)N1CCC(O)c2ccccc21. The van der Waals surface area contributed by atoms with Crippen LogP contribution in [0.5, 0.6) is 0 Å². The van der Waals surface area contributed by atoms with E-state index in [2.05, 4.69) is 0 Å². The second-order valence-corrected chi connectivity index (χ2v) is 6.02. The lowest BCUT2D eigenvalue weighted by Gasteiger charge is -2.32. The van der Waals surface area contributed by atoms with Crippen molar-refractivity contribution in [1.82, 2.24) is 0 Å². The molecule has 0 saturated carbocycles. The van der Waals surface area contributed by atoms with Gasteiger partial charge in [-0.15, -0.1) is 0 Å². The molecule has 1 aliphatic rings. The van der Waals surface area contributed by atoms with E-state index in [1.54, 1.807) is 25.1 Å². The van der Waals surface area contributed by atoms with Gasteiger partial charge in [-0.1, -0.05) is 18.2 Å². The summed E-state index contributed by atoms with van der Waals surface area (Å²) < 4.78 is 25.1. The van der Waals surface area contributed by atoms with Crippen LogP contribution < -0.4 is 4.31 Å². The van der Waals surface area contributed by atoms with Crippen molar-refractivity contribution in [2.24, 2.45) is 0 Å². The predicted octanol–water partition coefficient (Wildman–Crippen LogP) is 1.28. The molecule has 2 rings (SSSR count). The Morgan fingerprint density at radius 3 is 2.81 bits per heavy atom. The maximum absolute atomic E-state index is 11.9. The lowest BCUT2D eigenvalue weighted by atomic mass is 10.0. The maximum Gasteiger partial charge on any atom is 0.234 e. The van der Waals surface area contributed by atoms with Crippen molar-refractivity contribution in [3.8, 4) is 0 Å². The Labute approximate surface area is 95.6 Å². The van der Waals surface area contributed by atoms with Crippen molar-refractivity contribution in [3.05, 3.63) is 29.8 Å². The number of hydrogen-bond donors (Lipinski definition) is 1. The van der Waals surface area contributed by atoms with E-state index in [0.717, 1.165) is 0 Å². The molecule has 0 fully saturated rings. The zero-order valence-corrected chi connectivity index (χ0v) is 9.94. The fraction of sp³-hybridized carbons (Fsp3) is 0.455. The first-order valence-electron chi connectivity index (χ1n) is 5.33. The van der Waals surface area contributed by atoms with Crippen LogP contribution in [0.3, 0.4) is 0 Å². The van der Waals surface area contributed by atoms with Gasteiger partial charge in [-0.2, -0.15) is 0 Å². The number of para-hydroxylation sites is 1. The zero-order valence-electron chi connectivity index (χ0n) is 9.13. The average Bonchev–Trinajstić information content (AvgIpc) is 2.29. The van der Waals surface area contributed by atoms with E-state index in [1.807, 2.05) is 6.07 Å². The number of hydrogen-bond acceptors (Lipinski definition) is 3. The number of aliphatic hydroxyl groups excluding tert-OH is 1. The topological polar surface area (TPSA) is 57.6 Å². The number of benzene rings is 1. The Morgan fingerprint density at radius 2 is 2.12 bits per heavy atom. The molecule has 0 spiro atoms. The number of sulfonamides is 1. The Hall–Kier alpha value is -1.07. The zero-order chi connectivity index (χ0) is 11.8. The standard InChI is InChI=1S/C11H15NO3S/c1-2-16(14,15)12-8-7-11(13)9-5-3-4-6-10(9)12/h3-6,11,13H,2,7-8H2,1H3. The third-order valence-electron chi connectivity index (χ3n) is 2.87. The molecule has 1 aliphatic heterocycles. The van der Waals surface area contributed by atoms with Gasteiger partial charge in [0.1, 0.15) is 0 Å². The van der Waals surface area contributed by atoms with Gasteiger partial charge in [0, 0.05) is 12.1 Å². The highest BCUT2D eigenvalue weighted by molar-refractivity contribution is 7.92. The van der Waals surface area contributed by atoms with Gasteiger partial charge >= 0.3 is 0 Å². The minimum absolute atomic E-state index is 0.0808. The number of rotatable bonds is 2. The molecule has 1 heterocycles. The molecule has 0 radical (unpaired) electrons. The first-order chi connectivity index (χ1) is 7.56. The van der Waals surface area contributed by atoms with Gasteiger partial charge in [0.2, 0.25) is 10.0 Å². The molecule has 88 valence electrons. The summed E-state index contributed by atoms with van der Waals surface area (Å²) in [5, 5.41) is 9.80. The van der Waals surface area contributed by atoms with Crippen molar-refractivity contribution in [2.75, 3.05) is 16.6 Å². The third kappa shape index (κ3) is 1.81. The minimum Gasteiger partial charge on any atom is -0.388 e. The van der Waals surface area contributed by atoms with Gasteiger partial charge in [0.15, 0.2) is 0 Å². The van der Waals surface area contributed by atoms with Gasteiger partial charge in [-0.3, -0.25) is 4.31 Å². The molecule has 4 nitrogen and oxygen atoms in total. The molecule has 5 heteroatoms. The number of aliphatic hydroxyl groups is 1. The maximum atomic E-state index is 11.9. The van der Waals surface area contributed by atoms with E-state index in [-0.39, 0.29) is 5.75 Å². The van der Waals surface area contributed by atoms with Crippen LogP contribution in [-0.2, 0) is 10.0 Å².